The fraction of sp³-hybridized carbons (Fsp3) is 0.250. The number of hydrogen-bond acceptors (Lipinski definition) is 6. The Kier molecular flexibility index (Phi) is 6.17. The lowest BCUT2D eigenvalue weighted by atomic mass is 10.2. The summed E-state index contributed by atoms with van der Waals surface area (Å²) in [7, 11) is 3.26. The van der Waals surface area contributed by atoms with Crippen LogP contribution in [-0.4, -0.2) is 36.6 Å². The van der Waals surface area contributed by atoms with Gasteiger partial charge in [0.1, 0.15) is 5.75 Å². The highest BCUT2D eigenvalue weighted by Gasteiger charge is 2.10. The first-order chi connectivity index (χ1) is 13.2. The van der Waals surface area contributed by atoms with Crippen LogP contribution in [0.15, 0.2) is 58.4 Å². The number of anilines is 1. The van der Waals surface area contributed by atoms with Crippen LogP contribution in [0.25, 0.3) is 10.9 Å². The van der Waals surface area contributed by atoms with Gasteiger partial charge in [-0.15, -0.1) is 0 Å². The van der Waals surface area contributed by atoms with Gasteiger partial charge >= 0.3 is 0 Å². The van der Waals surface area contributed by atoms with Crippen LogP contribution in [0, 0.1) is 0 Å². The lowest BCUT2D eigenvalue weighted by molar-refractivity contribution is 0.190. The molecule has 1 heterocycles. The molecule has 0 atom stereocenters. The van der Waals surface area contributed by atoms with Crippen molar-refractivity contribution in [3.63, 3.8) is 0 Å². The number of para-hydroxylation sites is 1. The Balaban J connectivity index is 1.87. The number of hydrogen-bond donors (Lipinski definition) is 1. The maximum absolute atomic E-state index is 12.8. The molecule has 0 radical (unpaired) electrons. The van der Waals surface area contributed by atoms with Crippen LogP contribution < -0.4 is 15.7 Å². The summed E-state index contributed by atoms with van der Waals surface area (Å²) in [6.45, 7) is 1.05. The molecule has 27 heavy (non-hydrogen) atoms. The minimum Gasteiger partial charge on any atom is -0.497 e. The minimum atomic E-state index is -0.0983. The minimum absolute atomic E-state index is 0.0983. The van der Waals surface area contributed by atoms with E-state index >= 15 is 0 Å². The van der Waals surface area contributed by atoms with Crippen molar-refractivity contribution in [2.75, 3.05) is 26.3 Å². The molecule has 0 aliphatic rings. The first-order valence-electron chi connectivity index (χ1n) is 8.64. The van der Waals surface area contributed by atoms with E-state index < -0.39 is 0 Å². The maximum atomic E-state index is 12.8. The zero-order chi connectivity index (χ0) is 19.1. The van der Waals surface area contributed by atoms with E-state index in [1.807, 2.05) is 42.5 Å². The van der Waals surface area contributed by atoms with Crippen molar-refractivity contribution in [1.82, 2.24) is 9.55 Å². The molecular weight excluding hydrogens is 344 g/mol. The first kappa shape index (κ1) is 18.6. The van der Waals surface area contributed by atoms with E-state index in [-0.39, 0.29) is 5.56 Å². The SMILES string of the molecule is COCCCn1c(N/N=C\c2ccc(OC)cc2)nc2ccccc2c1=O. The topological polar surface area (TPSA) is 77.7 Å². The summed E-state index contributed by atoms with van der Waals surface area (Å²) in [6.07, 6.45) is 2.37. The van der Waals surface area contributed by atoms with E-state index in [2.05, 4.69) is 15.5 Å². The first-order valence-corrected chi connectivity index (χ1v) is 8.64. The van der Waals surface area contributed by atoms with E-state index in [1.165, 1.54) is 0 Å². The van der Waals surface area contributed by atoms with Crippen LogP contribution in [0.1, 0.15) is 12.0 Å². The van der Waals surface area contributed by atoms with Gasteiger partial charge in [-0.05, 0) is 48.4 Å². The summed E-state index contributed by atoms with van der Waals surface area (Å²) >= 11 is 0. The standard InChI is InChI=1S/C20H22N4O3/c1-26-13-5-12-24-19(25)17-6-3-4-7-18(17)22-20(24)23-21-14-15-8-10-16(27-2)11-9-15/h3-4,6-11,14H,5,12-13H2,1-2H3,(H,22,23)/b21-14-. The number of nitrogens with zero attached hydrogens (tertiary/aromatic N) is 3. The normalized spacial score (nSPS) is 11.2. The number of aromatic nitrogens is 2. The van der Waals surface area contributed by atoms with Crippen LogP contribution >= 0.6 is 0 Å². The highest BCUT2D eigenvalue weighted by atomic mass is 16.5. The summed E-state index contributed by atoms with van der Waals surface area (Å²) in [5.41, 5.74) is 4.33. The van der Waals surface area contributed by atoms with Gasteiger partial charge in [0.05, 0.1) is 24.2 Å². The van der Waals surface area contributed by atoms with Gasteiger partial charge in [-0.1, -0.05) is 12.1 Å². The van der Waals surface area contributed by atoms with Gasteiger partial charge in [-0.2, -0.15) is 5.10 Å². The van der Waals surface area contributed by atoms with E-state index in [4.69, 9.17) is 9.47 Å². The van der Waals surface area contributed by atoms with E-state index in [1.54, 1.807) is 31.1 Å². The molecule has 3 rings (SSSR count). The van der Waals surface area contributed by atoms with E-state index in [9.17, 15) is 4.79 Å². The zero-order valence-electron chi connectivity index (χ0n) is 15.4. The van der Waals surface area contributed by atoms with Crippen LogP contribution in [0.3, 0.4) is 0 Å². The van der Waals surface area contributed by atoms with Gasteiger partial charge in [-0.25, -0.2) is 10.4 Å². The molecule has 7 nitrogen and oxygen atoms in total. The number of fused-ring (bicyclic) bond motifs is 1. The van der Waals surface area contributed by atoms with Crippen molar-refractivity contribution in [3.05, 3.63) is 64.4 Å². The molecule has 7 heteroatoms. The van der Waals surface area contributed by atoms with Gasteiger partial charge in [0.2, 0.25) is 5.95 Å². The molecule has 1 aromatic heterocycles. The maximum Gasteiger partial charge on any atom is 0.262 e. The molecule has 0 saturated carbocycles. The highest BCUT2D eigenvalue weighted by Crippen LogP contribution is 2.12. The van der Waals surface area contributed by atoms with Crippen molar-refractivity contribution >= 4 is 23.1 Å². The summed E-state index contributed by atoms with van der Waals surface area (Å²) in [5, 5.41) is 4.82. The fourth-order valence-corrected chi connectivity index (χ4v) is 2.68. The predicted octanol–water partition coefficient (Wildman–Crippen LogP) is 2.89. The molecule has 0 spiro atoms. The lowest BCUT2D eigenvalue weighted by Crippen LogP contribution is -2.24. The number of rotatable bonds is 8. The molecule has 140 valence electrons. The monoisotopic (exact) mass is 366 g/mol. The number of methoxy groups -OCH3 is 2. The number of benzene rings is 2. The Hall–Kier alpha value is -3.19. The average Bonchev–Trinajstić information content (AvgIpc) is 2.71. The second-order valence-corrected chi connectivity index (χ2v) is 5.90. The Labute approximate surface area is 157 Å². The summed E-state index contributed by atoms with van der Waals surface area (Å²) < 4.78 is 11.8. The highest BCUT2D eigenvalue weighted by molar-refractivity contribution is 5.81. The molecule has 0 unspecified atom stereocenters. The van der Waals surface area contributed by atoms with Crippen molar-refractivity contribution in [2.45, 2.75) is 13.0 Å². The molecule has 0 bridgehead atoms. The van der Waals surface area contributed by atoms with E-state index in [0.717, 1.165) is 11.3 Å². The van der Waals surface area contributed by atoms with E-state index in [0.29, 0.717) is 36.4 Å². The molecule has 3 aromatic rings. The van der Waals surface area contributed by atoms with Gasteiger partial charge in [0, 0.05) is 20.3 Å². The van der Waals surface area contributed by atoms with Crippen molar-refractivity contribution in [3.8, 4) is 5.75 Å². The van der Waals surface area contributed by atoms with Gasteiger partial charge in [0.25, 0.3) is 5.56 Å². The predicted molar refractivity (Wildman–Crippen MR) is 107 cm³/mol. The summed E-state index contributed by atoms with van der Waals surface area (Å²) in [6, 6.07) is 14.8. The molecular formula is C20H22N4O3. The number of ether oxygens (including phenoxy) is 2. The van der Waals surface area contributed by atoms with Crippen molar-refractivity contribution < 1.29 is 9.47 Å². The van der Waals surface area contributed by atoms with Crippen LogP contribution in [-0.2, 0) is 11.3 Å². The molecule has 1 N–H and O–H groups in total. The third kappa shape index (κ3) is 4.51. The van der Waals surface area contributed by atoms with Crippen molar-refractivity contribution in [2.24, 2.45) is 5.10 Å². The van der Waals surface area contributed by atoms with Gasteiger partial charge in [0.15, 0.2) is 0 Å². The zero-order valence-corrected chi connectivity index (χ0v) is 15.4. The molecule has 0 saturated heterocycles. The smallest absolute Gasteiger partial charge is 0.262 e. The van der Waals surface area contributed by atoms with Gasteiger partial charge in [-0.3, -0.25) is 9.36 Å². The summed E-state index contributed by atoms with van der Waals surface area (Å²) in [5.74, 6) is 1.18. The third-order valence-electron chi connectivity index (χ3n) is 4.09. The molecule has 2 aromatic carbocycles. The Bertz CT molecular complexity index is 981. The second kappa shape index (κ2) is 8.95. The van der Waals surface area contributed by atoms with Crippen LogP contribution in [0.4, 0.5) is 5.95 Å². The second-order valence-electron chi connectivity index (χ2n) is 5.90. The molecule has 0 fully saturated rings. The third-order valence-corrected chi connectivity index (χ3v) is 4.09. The molecule has 0 aliphatic carbocycles. The largest absolute Gasteiger partial charge is 0.497 e. The van der Waals surface area contributed by atoms with Crippen LogP contribution in [0.2, 0.25) is 0 Å². The quantitative estimate of drug-likeness (QED) is 0.377. The Morgan fingerprint density at radius 1 is 1.15 bits per heavy atom. The lowest BCUT2D eigenvalue weighted by Gasteiger charge is -2.12. The van der Waals surface area contributed by atoms with Gasteiger partial charge < -0.3 is 9.47 Å². The van der Waals surface area contributed by atoms with Crippen LogP contribution in [0.5, 0.6) is 5.75 Å². The summed E-state index contributed by atoms with van der Waals surface area (Å²) in [4.78, 5) is 17.4. The average molecular weight is 366 g/mol. The Morgan fingerprint density at radius 2 is 1.93 bits per heavy atom. The molecule has 0 aliphatic heterocycles. The fourth-order valence-electron chi connectivity index (χ4n) is 2.68. The van der Waals surface area contributed by atoms with Crippen molar-refractivity contribution in [1.29, 1.82) is 0 Å². The number of nitrogens with one attached hydrogen (secondary N) is 1. The number of hydrazone groups is 1. The molecule has 0 amide bonds. The Morgan fingerprint density at radius 3 is 2.67 bits per heavy atom.